The molecule has 1 aromatic carbocycles. The number of anilines is 1. The molecule has 0 atom stereocenters. The van der Waals surface area contributed by atoms with Crippen LogP contribution in [0.4, 0.5) is 9.52 Å². The van der Waals surface area contributed by atoms with Gasteiger partial charge >= 0.3 is 0 Å². The molecule has 0 aliphatic rings. The number of hydrogen-bond acceptors (Lipinski definition) is 4. The number of aryl methyl sites for hydroxylation is 1. The highest BCUT2D eigenvalue weighted by molar-refractivity contribution is 7.98. The first-order valence-corrected chi connectivity index (χ1v) is 7.70. The Morgan fingerprint density at radius 1 is 1.39 bits per heavy atom. The lowest BCUT2D eigenvalue weighted by molar-refractivity contribution is 0.617. The molecule has 2 rings (SSSR count). The average Bonchev–Trinajstić information content (AvgIpc) is 2.77. The number of benzene rings is 1. The third-order valence-electron chi connectivity index (χ3n) is 2.36. The summed E-state index contributed by atoms with van der Waals surface area (Å²) in [4.78, 5) is 5.43. The third kappa shape index (κ3) is 3.99. The Morgan fingerprint density at radius 2 is 2.22 bits per heavy atom. The number of nitrogens with zero attached hydrogens (tertiary/aromatic N) is 1. The first kappa shape index (κ1) is 13.4. The maximum Gasteiger partial charge on any atom is 0.182 e. The summed E-state index contributed by atoms with van der Waals surface area (Å²) in [5, 5.41) is 4.22. The lowest BCUT2D eigenvalue weighted by atomic mass is 10.2. The van der Waals surface area contributed by atoms with Gasteiger partial charge in [0.15, 0.2) is 5.13 Å². The minimum absolute atomic E-state index is 0.117. The smallest absolute Gasteiger partial charge is 0.182 e. The van der Waals surface area contributed by atoms with E-state index in [1.807, 2.05) is 25.3 Å². The second-order valence-corrected chi connectivity index (χ2v) is 6.19. The molecule has 18 heavy (non-hydrogen) atoms. The molecule has 0 aliphatic heterocycles. The molecular weight excluding hydrogens is 267 g/mol. The summed E-state index contributed by atoms with van der Waals surface area (Å²) in [6.45, 7) is 2.89. The van der Waals surface area contributed by atoms with Gasteiger partial charge < -0.3 is 5.32 Å². The Labute approximate surface area is 115 Å². The highest BCUT2D eigenvalue weighted by Crippen LogP contribution is 2.18. The second-order valence-electron chi connectivity index (χ2n) is 3.85. The number of thioether (sulfide) groups is 1. The first-order chi connectivity index (χ1) is 8.75. The molecule has 2 aromatic rings. The number of hydrogen-bond donors (Lipinski definition) is 1. The van der Waals surface area contributed by atoms with Gasteiger partial charge in [0, 0.05) is 29.1 Å². The van der Waals surface area contributed by atoms with Crippen molar-refractivity contribution in [3.8, 4) is 0 Å². The van der Waals surface area contributed by atoms with Gasteiger partial charge in [-0.1, -0.05) is 18.2 Å². The van der Waals surface area contributed by atoms with Crippen molar-refractivity contribution >= 4 is 28.2 Å². The highest BCUT2D eigenvalue weighted by Gasteiger charge is 2.01. The Hall–Kier alpha value is -1.07. The van der Waals surface area contributed by atoms with Gasteiger partial charge in [-0.25, -0.2) is 9.37 Å². The fraction of sp³-hybridized carbons (Fsp3) is 0.308. The average molecular weight is 282 g/mol. The lowest BCUT2D eigenvalue weighted by Crippen LogP contribution is -2.03. The molecule has 1 aromatic heterocycles. The maximum atomic E-state index is 13.3. The van der Waals surface area contributed by atoms with Crippen molar-refractivity contribution in [2.45, 2.75) is 12.7 Å². The van der Waals surface area contributed by atoms with E-state index in [2.05, 4.69) is 10.3 Å². The number of halogens is 1. The quantitative estimate of drug-likeness (QED) is 0.812. The van der Waals surface area contributed by atoms with E-state index in [0.29, 0.717) is 5.75 Å². The van der Waals surface area contributed by atoms with Crippen LogP contribution in [-0.4, -0.2) is 17.3 Å². The van der Waals surface area contributed by atoms with Crippen molar-refractivity contribution < 1.29 is 4.39 Å². The van der Waals surface area contributed by atoms with Crippen LogP contribution in [0.2, 0.25) is 0 Å². The van der Waals surface area contributed by atoms with Crippen LogP contribution in [0.15, 0.2) is 30.5 Å². The van der Waals surface area contributed by atoms with E-state index >= 15 is 0 Å². The van der Waals surface area contributed by atoms with Crippen LogP contribution in [0.3, 0.4) is 0 Å². The van der Waals surface area contributed by atoms with Crippen LogP contribution in [0, 0.1) is 12.7 Å². The summed E-state index contributed by atoms with van der Waals surface area (Å²) in [7, 11) is 0. The molecule has 1 heterocycles. The molecule has 0 radical (unpaired) electrons. The van der Waals surface area contributed by atoms with Gasteiger partial charge in [0.25, 0.3) is 0 Å². The minimum atomic E-state index is -0.117. The van der Waals surface area contributed by atoms with Crippen molar-refractivity contribution in [3.63, 3.8) is 0 Å². The summed E-state index contributed by atoms with van der Waals surface area (Å²) in [5.41, 5.74) is 0.771. The van der Waals surface area contributed by atoms with Crippen LogP contribution in [0.5, 0.6) is 0 Å². The highest BCUT2D eigenvalue weighted by atomic mass is 32.2. The molecule has 0 bridgehead atoms. The van der Waals surface area contributed by atoms with Gasteiger partial charge in [-0.05, 0) is 18.6 Å². The minimum Gasteiger partial charge on any atom is -0.361 e. The molecule has 0 saturated heterocycles. The van der Waals surface area contributed by atoms with Crippen molar-refractivity contribution in [1.82, 2.24) is 4.98 Å². The normalized spacial score (nSPS) is 10.6. The number of thiazole rings is 1. The number of rotatable bonds is 6. The molecule has 0 saturated carbocycles. The van der Waals surface area contributed by atoms with E-state index in [-0.39, 0.29) is 5.82 Å². The van der Waals surface area contributed by atoms with Crippen molar-refractivity contribution in [3.05, 3.63) is 46.7 Å². The SMILES string of the molecule is Cc1cnc(NCCSCc2ccccc2F)s1. The van der Waals surface area contributed by atoms with Gasteiger partial charge in [-0.15, -0.1) is 11.3 Å². The molecule has 0 unspecified atom stereocenters. The predicted molar refractivity (Wildman–Crippen MR) is 77.9 cm³/mol. The monoisotopic (exact) mass is 282 g/mol. The number of aromatic nitrogens is 1. The molecule has 0 fully saturated rings. The zero-order chi connectivity index (χ0) is 12.8. The van der Waals surface area contributed by atoms with Gasteiger partial charge in [0.2, 0.25) is 0 Å². The van der Waals surface area contributed by atoms with Crippen LogP contribution in [-0.2, 0) is 5.75 Å². The Balaban J connectivity index is 1.66. The van der Waals surface area contributed by atoms with Crippen LogP contribution in [0.25, 0.3) is 0 Å². The van der Waals surface area contributed by atoms with E-state index in [1.165, 1.54) is 10.9 Å². The molecule has 0 amide bonds. The fourth-order valence-electron chi connectivity index (χ4n) is 1.46. The van der Waals surface area contributed by atoms with Crippen molar-refractivity contribution in [2.24, 2.45) is 0 Å². The summed E-state index contributed by atoms with van der Waals surface area (Å²) in [6, 6.07) is 6.93. The van der Waals surface area contributed by atoms with E-state index < -0.39 is 0 Å². The van der Waals surface area contributed by atoms with Crippen molar-refractivity contribution in [2.75, 3.05) is 17.6 Å². The number of nitrogens with one attached hydrogen (secondary N) is 1. The molecule has 1 N–H and O–H groups in total. The summed E-state index contributed by atoms with van der Waals surface area (Å²) in [5.74, 6) is 1.53. The second kappa shape index (κ2) is 6.75. The van der Waals surface area contributed by atoms with Gasteiger partial charge in [0.1, 0.15) is 5.82 Å². The van der Waals surface area contributed by atoms with E-state index in [4.69, 9.17) is 0 Å². The van der Waals surface area contributed by atoms with Crippen LogP contribution < -0.4 is 5.32 Å². The van der Waals surface area contributed by atoms with Crippen LogP contribution in [0.1, 0.15) is 10.4 Å². The van der Waals surface area contributed by atoms with Gasteiger partial charge in [0.05, 0.1) is 0 Å². The molecule has 5 heteroatoms. The Bertz CT molecular complexity index is 499. The lowest BCUT2D eigenvalue weighted by Gasteiger charge is -2.04. The molecule has 96 valence electrons. The standard InChI is InChI=1S/C13H15FN2S2/c1-10-8-16-13(18-10)15-6-7-17-9-11-4-2-3-5-12(11)14/h2-5,8H,6-7,9H2,1H3,(H,15,16). The summed E-state index contributed by atoms with van der Waals surface area (Å²) in [6.07, 6.45) is 1.86. The largest absolute Gasteiger partial charge is 0.361 e. The summed E-state index contributed by atoms with van der Waals surface area (Å²) < 4.78 is 13.3. The molecule has 0 spiro atoms. The molecule has 0 aliphatic carbocycles. The predicted octanol–water partition coefficient (Wildman–Crippen LogP) is 3.94. The van der Waals surface area contributed by atoms with Gasteiger partial charge in [-0.2, -0.15) is 11.8 Å². The van der Waals surface area contributed by atoms with Gasteiger partial charge in [-0.3, -0.25) is 0 Å². The van der Waals surface area contributed by atoms with E-state index in [0.717, 1.165) is 23.0 Å². The first-order valence-electron chi connectivity index (χ1n) is 5.73. The third-order valence-corrected chi connectivity index (χ3v) is 4.24. The topological polar surface area (TPSA) is 24.9 Å². The zero-order valence-electron chi connectivity index (χ0n) is 10.1. The van der Waals surface area contributed by atoms with E-state index in [1.54, 1.807) is 29.2 Å². The Kier molecular flexibility index (Phi) is 5.01. The summed E-state index contributed by atoms with van der Waals surface area (Å²) >= 11 is 3.37. The maximum absolute atomic E-state index is 13.3. The van der Waals surface area contributed by atoms with Crippen LogP contribution >= 0.6 is 23.1 Å². The zero-order valence-corrected chi connectivity index (χ0v) is 11.8. The fourth-order valence-corrected chi connectivity index (χ4v) is 3.00. The molecular formula is C13H15FN2S2. The Morgan fingerprint density at radius 3 is 2.94 bits per heavy atom. The molecule has 2 nitrogen and oxygen atoms in total. The van der Waals surface area contributed by atoms with Crippen molar-refractivity contribution in [1.29, 1.82) is 0 Å². The van der Waals surface area contributed by atoms with E-state index in [9.17, 15) is 4.39 Å².